The second-order valence-corrected chi connectivity index (χ2v) is 9.32. The Balaban J connectivity index is 1.53. The average molecular weight is 523 g/mol. The number of nitrogens with zero attached hydrogens (tertiary/aromatic N) is 2. The molecule has 0 spiro atoms. The van der Waals surface area contributed by atoms with Gasteiger partial charge >= 0.3 is 0 Å². The van der Waals surface area contributed by atoms with Gasteiger partial charge in [-0.1, -0.05) is 53.5 Å². The lowest BCUT2D eigenvalue weighted by molar-refractivity contribution is 0.339. The normalized spacial score (nSPS) is 11.3. The fourth-order valence-electron chi connectivity index (χ4n) is 3.40. The molecule has 0 aliphatic carbocycles. The molecule has 178 valence electrons. The molecule has 0 unspecified atom stereocenters. The molecule has 1 heterocycles. The molecular formula is C27H24Cl2N4OS. The summed E-state index contributed by atoms with van der Waals surface area (Å²) in [7, 11) is 0. The van der Waals surface area contributed by atoms with Crippen LogP contribution in [0.2, 0.25) is 10.0 Å². The molecule has 0 aliphatic rings. The lowest BCUT2D eigenvalue weighted by Gasteiger charge is -2.12. The van der Waals surface area contributed by atoms with E-state index in [-0.39, 0.29) is 0 Å². The number of nitrogens with one attached hydrogen (secondary N) is 1. The zero-order valence-electron chi connectivity index (χ0n) is 19.0. The van der Waals surface area contributed by atoms with E-state index in [9.17, 15) is 0 Å². The highest BCUT2D eigenvalue weighted by Gasteiger charge is 2.11. The van der Waals surface area contributed by atoms with E-state index < -0.39 is 0 Å². The Morgan fingerprint density at radius 1 is 0.971 bits per heavy atom. The fourth-order valence-corrected chi connectivity index (χ4v) is 4.26. The van der Waals surface area contributed by atoms with Crippen molar-refractivity contribution in [3.05, 3.63) is 101 Å². The number of rotatable bonds is 8. The number of aromatic nitrogens is 1. The molecule has 0 atom stereocenters. The SMILES string of the molecule is CCOc1cccc(SNC(N)=NCc2cnc(-c3ccc(Cl)cc3)c(-c3ccc(Cl)cc3)c2)c1. The molecule has 0 bridgehead atoms. The van der Waals surface area contributed by atoms with Gasteiger partial charge in [0, 0.05) is 32.3 Å². The van der Waals surface area contributed by atoms with Gasteiger partial charge < -0.3 is 10.5 Å². The molecule has 8 heteroatoms. The van der Waals surface area contributed by atoms with Gasteiger partial charge in [0.1, 0.15) is 5.75 Å². The highest BCUT2D eigenvalue weighted by Crippen LogP contribution is 2.32. The summed E-state index contributed by atoms with van der Waals surface area (Å²) in [4.78, 5) is 10.2. The molecule has 35 heavy (non-hydrogen) atoms. The predicted molar refractivity (Wildman–Crippen MR) is 147 cm³/mol. The highest BCUT2D eigenvalue weighted by molar-refractivity contribution is 7.98. The maximum Gasteiger partial charge on any atom is 0.199 e. The van der Waals surface area contributed by atoms with Gasteiger partial charge in [0.25, 0.3) is 0 Å². The minimum absolute atomic E-state index is 0.326. The number of halogens is 2. The number of benzene rings is 3. The lowest BCUT2D eigenvalue weighted by atomic mass is 9.98. The van der Waals surface area contributed by atoms with E-state index >= 15 is 0 Å². The van der Waals surface area contributed by atoms with Crippen molar-refractivity contribution in [1.29, 1.82) is 0 Å². The van der Waals surface area contributed by atoms with Crippen molar-refractivity contribution >= 4 is 41.1 Å². The molecule has 3 aromatic carbocycles. The molecule has 0 radical (unpaired) electrons. The molecule has 0 aliphatic heterocycles. The summed E-state index contributed by atoms with van der Waals surface area (Å²) >= 11 is 13.6. The smallest absolute Gasteiger partial charge is 0.199 e. The van der Waals surface area contributed by atoms with Crippen LogP contribution in [0.3, 0.4) is 0 Å². The average Bonchev–Trinajstić information content (AvgIpc) is 2.88. The van der Waals surface area contributed by atoms with Crippen LogP contribution in [-0.2, 0) is 6.54 Å². The van der Waals surface area contributed by atoms with Gasteiger partial charge in [0.15, 0.2) is 5.96 Å². The minimum atomic E-state index is 0.326. The van der Waals surface area contributed by atoms with Crippen LogP contribution in [0.15, 0.2) is 94.9 Å². The molecule has 1 aromatic heterocycles. The van der Waals surface area contributed by atoms with Crippen molar-refractivity contribution in [1.82, 2.24) is 9.71 Å². The Morgan fingerprint density at radius 3 is 2.34 bits per heavy atom. The van der Waals surface area contributed by atoms with Crippen LogP contribution >= 0.6 is 35.1 Å². The van der Waals surface area contributed by atoms with Gasteiger partial charge in [0.05, 0.1) is 18.8 Å². The molecule has 4 aromatic rings. The van der Waals surface area contributed by atoms with Gasteiger partial charge in [-0.15, -0.1) is 0 Å². The number of nitrogens with two attached hydrogens (primary N) is 1. The van der Waals surface area contributed by atoms with Gasteiger partial charge in [-0.3, -0.25) is 9.71 Å². The summed E-state index contributed by atoms with van der Waals surface area (Å²) < 4.78 is 8.61. The van der Waals surface area contributed by atoms with Gasteiger partial charge in [-0.25, -0.2) is 4.99 Å². The van der Waals surface area contributed by atoms with Crippen LogP contribution in [0.4, 0.5) is 0 Å². The number of pyridine rings is 1. The summed E-state index contributed by atoms with van der Waals surface area (Å²) in [5, 5.41) is 1.36. The Kier molecular flexibility index (Phi) is 8.53. The summed E-state index contributed by atoms with van der Waals surface area (Å²) in [6.45, 7) is 2.96. The molecular weight excluding hydrogens is 499 g/mol. The monoisotopic (exact) mass is 522 g/mol. The minimum Gasteiger partial charge on any atom is -0.494 e. The Labute approximate surface area is 219 Å². The van der Waals surface area contributed by atoms with Crippen molar-refractivity contribution in [2.45, 2.75) is 18.4 Å². The van der Waals surface area contributed by atoms with Crippen LogP contribution in [0.1, 0.15) is 12.5 Å². The number of aliphatic imine (C=N–C) groups is 1. The van der Waals surface area contributed by atoms with E-state index in [0.717, 1.165) is 38.6 Å². The molecule has 4 rings (SSSR count). The maximum absolute atomic E-state index is 6.11. The molecule has 0 saturated heterocycles. The number of hydrogen-bond acceptors (Lipinski definition) is 4. The van der Waals surface area contributed by atoms with Crippen molar-refractivity contribution < 1.29 is 4.74 Å². The van der Waals surface area contributed by atoms with Crippen molar-refractivity contribution in [3.8, 4) is 28.1 Å². The maximum atomic E-state index is 6.11. The highest BCUT2D eigenvalue weighted by atomic mass is 35.5. The van der Waals surface area contributed by atoms with Crippen LogP contribution in [0.5, 0.6) is 5.75 Å². The summed E-state index contributed by atoms with van der Waals surface area (Å²) in [6.07, 6.45) is 1.82. The molecule has 0 saturated carbocycles. The van der Waals surface area contributed by atoms with E-state index in [1.807, 2.05) is 85.9 Å². The molecule has 5 nitrogen and oxygen atoms in total. The zero-order valence-corrected chi connectivity index (χ0v) is 21.4. The first kappa shape index (κ1) is 24.9. The Hall–Kier alpha value is -3.19. The van der Waals surface area contributed by atoms with Gasteiger partial charge in [-0.2, -0.15) is 0 Å². The van der Waals surface area contributed by atoms with E-state index in [1.54, 1.807) is 0 Å². The third-order valence-corrected chi connectivity index (χ3v) is 6.34. The first-order valence-corrected chi connectivity index (χ1v) is 12.6. The van der Waals surface area contributed by atoms with Gasteiger partial charge in [0.2, 0.25) is 0 Å². The summed E-state index contributed by atoms with van der Waals surface area (Å²) in [5.41, 5.74) is 10.9. The zero-order chi connectivity index (χ0) is 24.6. The third-order valence-electron chi connectivity index (χ3n) is 5.04. The standard InChI is InChI=1S/C27H24Cl2N4OS/c1-2-34-23-4-3-5-24(15-23)35-33-27(30)32-17-18-14-25(19-6-10-21(28)11-7-19)26(31-16-18)20-8-12-22(29)13-9-20/h3-16H,2,17H2,1H3,(H3,30,32,33). The molecule has 0 amide bonds. The van der Waals surface area contributed by atoms with Crippen molar-refractivity contribution in [2.24, 2.45) is 10.7 Å². The van der Waals surface area contributed by atoms with Gasteiger partial charge in [-0.05, 0) is 78.5 Å². The third kappa shape index (κ3) is 6.92. The quantitative estimate of drug-likeness (QED) is 0.145. The first-order chi connectivity index (χ1) is 17.0. The van der Waals surface area contributed by atoms with Crippen LogP contribution in [-0.4, -0.2) is 17.6 Å². The second kappa shape index (κ2) is 12.0. The Bertz CT molecular complexity index is 1310. The van der Waals surface area contributed by atoms with Crippen molar-refractivity contribution in [3.63, 3.8) is 0 Å². The van der Waals surface area contributed by atoms with E-state index in [0.29, 0.717) is 29.2 Å². The fraction of sp³-hybridized carbons (Fsp3) is 0.111. The lowest BCUT2D eigenvalue weighted by Crippen LogP contribution is -2.25. The van der Waals surface area contributed by atoms with E-state index in [1.165, 1.54) is 11.9 Å². The molecule has 0 fully saturated rings. The topological polar surface area (TPSA) is 72.5 Å². The van der Waals surface area contributed by atoms with Crippen LogP contribution < -0.4 is 15.2 Å². The summed E-state index contributed by atoms with van der Waals surface area (Å²) in [6, 6.07) is 25.2. The number of hydrogen-bond donors (Lipinski definition) is 2. The van der Waals surface area contributed by atoms with E-state index in [4.69, 9.17) is 38.7 Å². The number of guanidine groups is 1. The largest absolute Gasteiger partial charge is 0.494 e. The van der Waals surface area contributed by atoms with Crippen LogP contribution in [0.25, 0.3) is 22.4 Å². The second-order valence-electron chi connectivity index (χ2n) is 7.57. The molecule has 3 N–H and O–H groups in total. The van der Waals surface area contributed by atoms with Crippen LogP contribution in [0, 0.1) is 0 Å². The predicted octanol–water partition coefficient (Wildman–Crippen LogP) is 7.23. The van der Waals surface area contributed by atoms with Crippen molar-refractivity contribution in [2.75, 3.05) is 6.61 Å². The van der Waals surface area contributed by atoms with E-state index in [2.05, 4.69) is 15.8 Å². The number of ether oxygens (including phenoxy) is 1. The summed E-state index contributed by atoms with van der Waals surface area (Å²) in [5.74, 6) is 1.14. The Morgan fingerprint density at radius 2 is 1.66 bits per heavy atom. The first-order valence-electron chi connectivity index (χ1n) is 11.0.